The second-order valence-electron chi connectivity index (χ2n) is 3.02. The second kappa shape index (κ2) is 3.58. The highest BCUT2D eigenvalue weighted by Crippen LogP contribution is 2.11. The Morgan fingerprint density at radius 1 is 1.45 bits per heavy atom. The zero-order valence-electron chi connectivity index (χ0n) is 7.07. The lowest BCUT2D eigenvalue weighted by atomic mass is 10.1. The summed E-state index contributed by atoms with van der Waals surface area (Å²) < 4.78 is 0. The van der Waals surface area contributed by atoms with Crippen molar-refractivity contribution in [3.63, 3.8) is 0 Å². The van der Waals surface area contributed by atoms with E-state index in [2.05, 4.69) is 18.7 Å². The molecule has 2 nitrogen and oxygen atoms in total. The van der Waals surface area contributed by atoms with Gasteiger partial charge < -0.3 is 10.0 Å². The maximum Gasteiger partial charge on any atom is 0.0704 e. The van der Waals surface area contributed by atoms with Crippen LogP contribution >= 0.6 is 0 Å². The predicted octanol–water partition coefficient (Wildman–Crippen LogP) is 1.14. The van der Waals surface area contributed by atoms with Crippen LogP contribution in [0.2, 0.25) is 0 Å². The van der Waals surface area contributed by atoms with Gasteiger partial charge in [-0.3, -0.25) is 0 Å². The Morgan fingerprint density at radius 3 is 2.64 bits per heavy atom. The number of nitrogens with zero attached hydrogens (tertiary/aromatic N) is 1. The number of aliphatic hydroxyl groups is 1. The molecule has 1 atom stereocenters. The Kier molecular flexibility index (Phi) is 2.71. The fraction of sp³-hybridized carbons (Fsp3) is 0.556. The molecule has 0 aromatic rings. The fourth-order valence-electron chi connectivity index (χ4n) is 1.26. The highest BCUT2D eigenvalue weighted by molar-refractivity contribution is 5.13. The van der Waals surface area contributed by atoms with Crippen molar-refractivity contribution < 1.29 is 5.11 Å². The van der Waals surface area contributed by atoms with E-state index in [0.717, 1.165) is 0 Å². The van der Waals surface area contributed by atoms with Crippen LogP contribution in [0.5, 0.6) is 0 Å². The molecule has 0 aliphatic carbocycles. The van der Waals surface area contributed by atoms with Crippen LogP contribution in [-0.2, 0) is 0 Å². The first-order chi connectivity index (χ1) is 5.25. The van der Waals surface area contributed by atoms with Crippen LogP contribution in [0.15, 0.2) is 24.4 Å². The van der Waals surface area contributed by atoms with Crippen LogP contribution in [0.25, 0.3) is 0 Å². The van der Waals surface area contributed by atoms with E-state index in [1.165, 1.54) is 0 Å². The van der Waals surface area contributed by atoms with E-state index in [1.54, 1.807) is 0 Å². The van der Waals surface area contributed by atoms with Gasteiger partial charge in [-0.05, 0) is 26.1 Å². The van der Waals surface area contributed by atoms with Gasteiger partial charge >= 0.3 is 0 Å². The average Bonchev–Trinajstić information content (AvgIpc) is 2.04. The lowest BCUT2D eigenvalue weighted by Crippen LogP contribution is -2.38. The molecule has 0 saturated heterocycles. The van der Waals surface area contributed by atoms with Crippen LogP contribution < -0.4 is 0 Å². The SMILES string of the molecule is CC(C)N1C=CC=CC1CO. The maximum atomic E-state index is 8.98. The summed E-state index contributed by atoms with van der Waals surface area (Å²) >= 11 is 0. The molecule has 1 aliphatic heterocycles. The minimum Gasteiger partial charge on any atom is -0.394 e. The first-order valence-corrected chi connectivity index (χ1v) is 3.99. The van der Waals surface area contributed by atoms with Crippen molar-refractivity contribution in [2.75, 3.05) is 6.61 Å². The number of hydrogen-bond acceptors (Lipinski definition) is 2. The molecule has 0 aromatic heterocycles. The predicted molar refractivity (Wildman–Crippen MR) is 46.1 cm³/mol. The molecular weight excluding hydrogens is 138 g/mol. The van der Waals surface area contributed by atoms with Crippen molar-refractivity contribution in [2.24, 2.45) is 0 Å². The molecule has 0 amide bonds. The summed E-state index contributed by atoms with van der Waals surface area (Å²) in [6, 6.07) is 0.619. The quantitative estimate of drug-likeness (QED) is 0.643. The molecule has 0 spiro atoms. The average molecular weight is 153 g/mol. The highest BCUT2D eigenvalue weighted by atomic mass is 16.3. The van der Waals surface area contributed by atoms with E-state index in [4.69, 9.17) is 5.11 Å². The molecule has 0 fully saturated rings. The summed E-state index contributed by atoms with van der Waals surface area (Å²) in [6.45, 7) is 4.43. The van der Waals surface area contributed by atoms with Crippen LogP contribution in [0.1, 0.15) is 13.8 Å². The van der Waals surface area contributed by atoms with Gasteiger partial charge in [0.05, 0.1) is 12.6 Å². The number of allylic oxidation sites excluding steroid dienone is 2. The summed E-state index contributed by atoms with van der Waals surface area (Å²) in [4.78, 5) is 2.14. The summed E-state index contributed by atoms with van der Waals surface area (Å²) in [5, 5.41) is 8.98. The molecule has 1 aliphatic rings. The fourth-order valence-corrected chi connectivity index (χ4v) is 1.26. The molecule has 11 heavy (non-hydrogen) atoms. The van der Waals surface area contributed by atoms with E-state index in [0.29, 0.717) is 6.04 Å². The van der Waals surface area contributed by atoms with Crippen LogP contribution in [0, 0.1) is 0 Å². The molecule has 1 heterocycles. The summed E-state index contributed by atoms with van der Waals surface area (Å²) in [7, 11) is 0. The number of aliphatic hydroxyl groups excluding tert-OH is 1. The van der Waals surface area contributed by atoms with Gasteiger partial charge in [0, 0.05) is 6.04 Å². The molecule has 1 N–H and O–H groups in total. The zero-order chi connectivity index (χ0) is 8.27. The maximum absolute atomic E-state index is 8.98. The van der Waals surface area contributed by atoms with E-state index in [9.17, 15) is 0 Å². The molecular formula is C9H15NO. The molecule has 2 heteroatoms. The lowest BCUT2D eigenvalue weighted by molar-refractivity contribution is 0.168. The Morgan fingerprint density at radius 2 is 2.18 bits per heavy atom. The first kappa shape index (κ1) is 8.34. The molecule has 0 saturated carbocycles. The number of hydrogen-bond donors (Lipinski definition) is 1. The van der Waals surface area contributed by atoms with Crippen molar-refractivity contribution in [1.29, 1.82) is 0 Å². The molecule has 62 valence electrons. The van der Waals surface area contributed by atoms with Gasteiger partial charge in [-0.25, -0.2) is 0 Å². The van der Waals surface area contributed by atoms with Crippen LogP contribution in [-0.4, -0.2) is 28.7 Å². The Balaban J connectivity index is 2.63. The van der Waals surface area contributed by atoms with Crippen molar-refractivity contribution in [3.8, 4) is 0 Å². The van der Waals surface area contributed by atoms with Gasteiger partial charge in [0.15, 0.2) is 0 Å². The molecule has 0 radical (unpaired) electrons. The Hall–Kier alpha value is -0.760. The van der Waals surface area contributed by atoms with Gasteiger partial charge in [-0.15, -0.1) is 0 Å². The third-order valence-electron chi connectivity index (χ3n) is 1.87. The van der Waals surface area contributed by atoms with Crippen molar-refractivity contribution in [3.05, 3.63) is 24.4 Å². The van der Waals surface area contributed by atoms with E-state index in [1.807, 2.05) is 24.4 Å². The first-order valence-electron chi connectivity index (χ1n) is 3.99. The second-order valence-corrected chi connectivity index (χ2v) is 3.02. The monoisotopic (exact) mass is 153 g/mol. The van der Waals surface area contributed by atoms with Gasteiger partial charge in [-0.2, -0.15) is 0 Å². The molecule has 0 aromatic carbocycles. The molecule has 1 unspecified atom stereocenters. The third-order valence-corrected chi connectivity index (χ3v) is 1.87. The van der Waals surface area contributed by atoms with Gasteiger partial charge in [0.25, 0.3) is 0 Å². The topological polar surface area (TPSA) is 23.5 Å². The number of rotatable bonds is 2. The summed E-state index contributed by atoms with van der Waals surface area (Å²) in [5.41, 5.74) is 0. The molecule has 1 rings (SSSR count). The smallest absolute Gasteiger partial charge is 0.0704 e. The standard InChI is InChI=1S/C9H15NO/c1-8(2)10-6-4-3-5-9(10)7-11/h3-6,8-9,11H,7H2,1-2H3. The normalized spacial score (nSPS) is 23.3. The van der Waals surface area contributed by atoms with Crippen LogP contribution in [0.4, 0.5) is 0 Å². The lowest BCUT2D eigenvalue weighted by Gasteiger charge is -2.32. The highest BCUT2D eigenvalue weighted by Gasteiger charge is 2.15. The van der Waals surface area contributed by atoms with Crippen molar-refractivity contribution >= 4 is 0 Å². The molecule has 0 bridgehead atoms. The summed E-state index contributed by atoms with van der Waals surface area (Å²) in [5.74, 6) is 0. The van der Waals surface area contributed by atoms with Crippen LogP contribution in [0.3, 0.4) is 0 Å². The van der Waals surface area contributed by atoms with E-state index >= 15 is 0 Å². The zero-order valence-corrected chi connectivity index (χ0v) is 7.07. The minimum atomic E-state index is 0.167. The van der Waals surface area contributed by atoms with Gasteiger partial charge in [0.1, 0.15) is 0 Å². The Labute approximate surface area is 67.8 Å². The largest absolute Gasteiger partial charge is 0.394 e. The Bertz CT molecular complexity index is 172. The summed E-state index contributed by atoms with van der Waals surface area (Å²) in [6.07, 6.45) is 8.00. The van der Waals surface area contributed by atoms with Crippen molar-refractivity contribution in [1.82, 2.24) is 4.90 Å². The minimum absolute atomic E-state index is 0.167. The van der Waals surface area contributed by atoms with Gasteiger partial charge in [0.2, 0.25) is 0 Å². The van der Waals surface area contributed by atoms with Gasteiger partial charge in [-0.1, -0.05) is 12.2 Å². The van der Waals surface area contributed by atoms with E-state index < -0.39 is 0 Å². The van der Waals surface area contributed by atoms with Crippen molar-refractivity contribution in [2.45, 2.75) is 25.9 Å². The third kappa shape index (κ3) is 1.84. The van der Waals surface area contributed by atoms with E-state index in [-0.39, 0.29) is 12.6 Å².